The van der Waals surface area contributed by atoms with Crippen LogP contribution in [0.2, 0.25) is 0 Å². The number of nitrogens with zero attached hydrogens (tertiary/aromatic N) is 4. The Balaban J connectivity index is 2.17. The first-order valence-electron chi connectivity index (χ1n) is 5.67. The summed E-state index contributed by atoms with van der Waals surface area (Å²) in [6.07, 6.45) is 1.15. The molecule has 0 unspecified atom stereocenters. The van der Waals surface area contributed by atoms with Gasteiger partial charge in [-0.15, -0.1) is 10.2 Å². The first-order valence-corrected chi connectivity index (χ1v) is 5.67. The van der Waals surface area contributed by atoms with Gasteiger partial charge in [-0.2, -0.15) is 5.10 Å². The quantitative estimate of drug-likeness (QED) is 0.422. The van der Waals surface area contributed by atoms with Crippen LogP contribution in [-0.2, 0) is 0 Å². The molecule has 10 nitrogen and oxygen atoms in total. The van der Waals surface area contributed by atoms with Crippen molar-refractivity contribution in [2.75, 3.05) is 5.43 Å². The highest BCUT2D eigenvalue weighted by Crippen LogP contribution is 2.21. The predicted molar refractivity (Wildman–Crippen MR) is 73.4 cm³/mol. The number of aromatic hydroxyl groups is 1. The van der Waals surface area contributed by atoms with Gasteiger partial charge >= 0.3 is 0 Å². The van der Waals surface area contributed by atoms with Crippen molar-refractivity contribution in [1.82, 2.24) is 15.2 Å². The molecule has 108 valence electrons. The normalized spacial score (nSPS) is 10.7. The molecular weight excluding hydrogens is 280 g/mol. The van der Waals surface area contributed by atoms with E-state index in [-0.39, 0.29) is 28.6 Å². The van der Waals surface area contributed by atoms with E-state index in [0.29, 0.717) is 0 Å². The third-order valence-electron chi connectivity index (χ3n) is 2.46. The molecule has 0 aliphatic heterocycles. The molecule has 0 atom stereocenters. The molecule has 0 aliphatic carbocycles. The summed E-state index contributed by atoms with van der Waals surface area (Å²) in [5, 5.41) is 31.1. The first-order chi connectivity index (χ1) is 9.97. The molecule has 1 heterocycles. The monoisotopic (exact) mass is 290 g/mol. The SMILES string of the molecule is Cc1nnc(NN=Cc2cc([N+](=O)[O-])ccc2O)[nH]c1=O. The fourth-order valence-electron chi connectivity index (χ4n) is 1.37. The van der Waals surface area contributed by atoms with Gasteiger partial charge in [0.05, 0.1) is 11.1 Å². The number of hydrogen-bond donors (Lipinski definition) is 3. The van der Waals surface area contributed by atoms with Crippen molar-refractivity contribution < 1.29 is 10.0 Å². The molecule has 2 rings (SSSR count). The minimum absolute atomic E-state index is 0.00627. The van der Waals surface area contributed by atoms with Crippen molar-refractivity contribution in [2.45, 2.75) is 6.92 Å². The van der Waals surface area contributed by atoms with E-state index in [4.69, 9.17) is 0 Å². The number of aryl methyl sites for hydroxylation is 1. The molecule has 0 radical (unpaired) electrons. The fourth-order valence-corrected chi connectivity index (χ4v) is 1.37. The topological polar surface area (TPSA) is 146 Å². The summed E-state index contributed by atoms with van der Waals surface area (Å²) in [4.78, 5) is 23.7. The second-order valence-corrected chi connectivity index (χ2v) is 3.96. The van der Waals surface area contributed by atoms with E-state index in [2.05, 4.69) is 25.7 Å². The Morgan fingerprint density at radius 3 is 2.90 bits per heavy atom. The highest BCUT2D eigenvalue weighted by Gasteiger charge is 2.08. The number of hydrazone groups is 1. The van der Waals surface area contributed by atoms with E-state index in [1.54, 1.807) is 0 Å². The Bertz CT molecular complexity index is 770. The number of benzene rings is 1. The van der Waals surface area contributed by atoms with Gasteiger partial charge in [-0.1, -0.05) is 0 Å². The first kappa shape index (κ1) is 14.1. The van der Waals surface area contributed by atoms with Gasteiger partial charge in [0, 0.05) is 17.7 Å². The molecule has 0 fully saturated rings. The average molecular weight is 290 g/mol. The van der Waals surface area contributed by atoms with E-state index < -0.39 is 10.5 Å². The fraction of sp³-hybridized carbons (Fsp3) is 0.0909. The highest BCUT2D eigenvalue weighted by atomic mass is 16.6. The van der Waals surface area contributed by atoms with Crippen molar-refractivity contribution in [1.29, 1.82) is 0 Å². The number of hydrogen-bond acceptors (Lipinski definition) is 8. The third-order valence-corrected chi connectivity index (χ3v) is 2.46. The number of nitro groups is 1. The molecule has 21 heavy (non-hydrogen) atoms. The van der Waals surface area contributed by atoms with Crippen molar-refractivity contribution in [3.05, 3.63) is 49.9 Å². The molecule has 3 N–H and O–H groups in total. The van der Waals surface area contributed by atoms with E-state index in [9.17, 15) is 20.0 Å². The van der Waals surface area contributed by atoms with Gasteiger partial charge in [-0.25, -0.2) is 5.43 Å². The Labute approximate surface area is 117 Å². The summed E-state index contributed by atoms with van der Waals surface area (Å²) < 4.78 is 0. The molecule has 0 aliphatic rings. The summed E-state index contributed by atoms with van der Waals surface area (Å²) in [6.45, 7) is 1.50. The van der Waals surface area contributed by atoms with Gasteiger partial charge in [0.25, 0.3) is 11.2 Å². The summed E-state index contributed by atoms with van der Waals surface area (Å²) in [5.74, 6) is -0.165. The summed E-state index contributed by atoms with van der Waals surface area (Å²) in [6, 6.07) is 3.51. The van der Waals surface area contributed by atoms with Gasteiger partial charge in [0.15, 0.2) is 0 Å². The van der Waals surface area contributed by atoms with Gasteiger partial charge < -0.3 is 5.11 Å². The second-order valence-electron chi connectivity index (χ2n) is 3.96. The van der Waals surface area contributed by atoms with Crippen LogP contribution in [0.3, 0.4) is 0 Å². The molecule has 0 saturated heterocycles. The smallest absolute Gasteiger partial charge is 0.274 e. The molecule has 0 saturated carbocycles. The summed E-state index contributed by atoms with van der Waals surface area (Å²) >= 11 is 0. The largest absolute Gasteiger partial charge is 0.507 e. The number of aromatic nitrogens is 3. The Morgan fingerprint density at radius 1 is 1.48 bits per heavy atom. The van der Waals surface area contributed by atoms with Gasteiger partial charge in [-0.3, -0.25) is 19.9 Å². The Hall–Kier alpha value is -3.30. The standard InChI is InChI=1S/C11H10N6O4/c1-6-10(19)13-11(16-14-6)15-12-5-7-4-8(17(20)21)2-3-9(7)18/h2-5,18H,1H3,(H2,13,15,16,19). The number of aromatic amines is 1. The molecule has 1 aromatic heterocycles. The molecule has 10 heteroatoms. The van der Waals surface area contributed by atoms with E-state index in [0.717, 1.165) is 12.3 Å². The maximum Gasteiger partial charge on any atom is 0.274 e. The molecule has 0 bridgehead atoms. The summed E-state index contributed by atoms with van der Waals surface area (Å²) in [7, 11) is 0. The van der Waals surface area contributed by atoms with Crippen LogP contribution < -0.4 is 11.0 Å². The number of H-pyrrole nitrogens is 1. The van der Waals surface area contributed by atoms with Gasteiger partial charge in [-0.05, 0) is 13.0 Å². The number of nitrogens with one attached hydrogen (secondary N) is 2. The lowest BCUT2D eigenvalue weighted by Crippen LogP contribution is -2.15. The van der Waals surface area contributed by atoms with Crippen molar-refractivity contribution in [2.24, 2.45) is 5.10 Å². The lowest BCUT2D eigenvalue weighted by molar-refractivity contribution is -0.384. The summed E-state index contributed by atoms with van der Waals surface area (Å²) in [5.41, 5.74) is 2.15. The number of rotatable bonds is 4. The highest BCUT2D eigenvalue weighted by molar-refractivity contribution is 5.84. The Morgan fingerprint density at radius 2 is 2.24 bits per heavy atom. The lowest BCUT2D eigenvalue weighted by Gasteiger charge is -2.00. The minimum atomic E-state index is -0.590. The van der Waals surface area contributed by atoms with Gasteiger partial charge in [0.2, 0.25) is 5.95 Å². The van der Waals surface area contributed by atoms with Crippen LogP contribution in [0.25, 0.3) is 0 Å². The maximum absolute atomic E-state index is 11.3. The third kappa shape index (κ3) is 3.37. The zero-order valence-corrected chi connectivity index (χ0v) is 10.8. The predicted octanol–water partition coefficient (Wildman–Crippen LogP) is 0.533. The van der Waals surface area contributed by atoms with Crippen LogP contribution in [-0.4, -0.2) is 31.4 Å². The van der Waals surface area contributed by atoms with Crippen LogP contribution in [0, 0.1) is 17.0 Å². The van der Waals surface area contributed by atoms with Crippen molar-refractivity contribution >= 4 is 17.9 Å². The number of nitro benzene ring substituents is 1. The zero-order chi connectivity index (χ0) is 15.4. The molecular formula is C11H10N6O4. The van der Waals surface area contributed by atoms with E-state index in [1.807, 2.05) is 0 Å². The van der Waals surface area contributed by atoms with Gasteiger partial charge in [0.1, 0.15) is 11.4 Å². The van der Waals surface area contributed by atoms with E-state index in [1.165, 1.54) is 19.1 Å². The van der Waals surface area contributed by atoms with Crippen LogP contribution in [0.1, 0.15) is 11.3 Å². The second kappa shape index (κ2) is 5.77. The van der Waals surface area contributed by atoms with E-state index >= 15 is 0 Å². The van der Waals surface area contributed by atoms with Crippen LogP contribution in [0.5, 0.6) is 5.75 Å². The zero-order valence-electron chi connectivity index (χ0n) is 10.8. The van der Waals surface area contributed by atoms with Crippen molar-refractivity contribution in [3.8, 4) is 5.75 Å². The number of non-ortho nitro benzene ring substituents is 1. The lowest BCUT2D eigenvalue weighted by atomic mass is 10.2. The molecule has 2 aromatic rings. The average Bonchev–Trinajstić information content (AvgIpc) is 2.44. The maximum atomic E-state index is 11.3. The van der Waals surface area contributed by atoms with Crippen molar-refractivity contribution in [3.63, 3.8) is 0 Å². The molecule has 1 aromatic carbocycles. The van der Waals surface area contributed by atoms with Crippen LogP contribution in [0.4, 0.5) is 11.6 Å². The molecule has 0 amide bonds. The number of anilines is 1. The van der Waals surface area contributed by atoms with Crippen LogP contribution in [0.15, 0.2) is 28.1 Å². The minimum Gasteiger partial charge on any atom is -0.507 e. The Kier molecular flexibility index (Phi) is 3.88. The number of phenols is 1. The molecule has 0 spiro atoms. The van der Waals surface area contributed by atoms with Crippen LogP contribution >= 0.6 is 0 Å². The number of phenolic OH excluding ortho intramolecular Hbond substituents is 1.